The van der Waals surface area contributed by atoms with Crippen LogP contribution in [-0.4, -0.2) is 16.1 Å². The Morgan fingerprint density at radius 2 is 2.12 bits per heavy atom. The molecule has 88 valence electrons. The maximum Gasteiger partial charge on any atom is 0.140 e. The fourth-order valence-electron chi connectivity index (χ4n) is 2.33. The van der Waals surface area contributed by atoms with Crippen LogP contribution in [0.15, 0.2) is 30.5 Å². The first-order valence-corrected chi connectivity index (χ1v) is 5.78. The number of hydrogen-bond acceptors (Lipinski definition) is 2. The van der Waals surface area contributed by atoms with Gasteiger partial charge in [0, 0.05) is 24.7 Å². The van der Waals surface area contributed by atoms with Crippen LogP contribution < -0.4 is 5.32 Å². The number of hydrogen-bond donors (Lipinski definition) is 1. The summed E-state index contributed by atoms with van der Waals surface area (Å²) in [5.74, 6) is 0.711. The Morgan fingerprint density at radius 1 is 1.35 bits per heavy atom. The van der Waals surface area contributed by atoms with E-state index in [1.165, 1.54) is 17.8 Å². The van der Waals surface area contributed by atoms with Crippen LogP contribution in [0.5, 0.6) is 0 Å². The molecule has 0 spiro atoms. The quantitative estimate of drug-likeness (QED) is 0.816. The molecule has 1 aromatic heterocycles. The van der Waals surface area contributed by atoms with Gasteiger partial charge in [-0.1, -0.05) is 0 Å². The van der Waals surface area contributed by atoms with E-state index in [-0.39, 0.29) is 5.82 Å². The third kappa shape index (κ3) is 1.74. The Kier molecular flexibility index (Phi) is 2.44. The number of halogens is 1. The minimum atomic E-state index is -0.214. The van der Waals surface area contributed by atoms with Gasteiger partial charge in [0.2, 0.25) is 0 Å². The molecule has 0 bridgehead atoms. The molecule has 2 aromatic rings. The minimum Gasteiger partial charge on any atom is -0.323 e. The van der Waals surface area contributed by atoms with Crippen molar-refractivity contribution in [1.82, 2.24) is 14.9 Å². The van der Waals surface area contributed by atoms with Crippen molar-refractivity contribution in [3.8, 4) is 11.4 Å². The summed E-state index contributed by atoms with van der Waals surface area (Å²) in [5, 5.41) is 3.34. The van der Waals surface area contributed by atoms with Crippen LogP contribution in [-0.2, 0) is 6.54 Å². The Hall–Kier alpha value is -1.68. The summed E-state index contributed by atoms with van der Waals surface area (Å²) in [6, 6.07) is 6.88. The predicted octanol–water partition coefficient (Wildman–Crippen LogP) is 2.35. The number of benzene rings is 1. The average Bonchev–Trinajstić information content (AvgIpc) is 2.75. The first-order valence-electron chi connectivity index (χ1n) is 5.78. The maximum absolute atomic E-state index is 12.9. The van der Waals surface area contributed by atoms with Crippen LogP contribution in [0.1, 0.15) is 18.7 Å². The summed E-state index contributed by atoms with van der Waals surface area (Å²) in [6.45, 7) is 3.94. The highest BCUT2D eigenvalue weighted by Crippen LogP contribution is 2.25. The van der Waals surface area contributed by atoms with E-state index in [1.807, 2.05) is 6.20 Å². The number of rotatable bonds is 1. The monoisotopic (exact) mass is 231 g/mol. The summed E-state index contributed by atoms with van der Waals surface area (Å²) < 4.78 is 15.1. The Balaban J connectivity index is 2.09. The van der Waals surface area contributed by atoms with Crippen molar-refractivity contribution in [2.45, 2.75) is 19.5 Å². The van der Waals surface area contributed by atoms with Crippen LogP contribution in [0, 0.1) is 5.82 Å². The van der Waals surface area contributed by atoms with Crippen molar-refractivity contribution in [1.29, 1.82) is 0 Å². The molecular formula is C13H14FN3. The number of fused-ring (bicyclic) bond motifs is 1. The second kappa shape index (κ2) is 3.96. The molecule has 1 unspecified atom stereocenters. The van der Waals surface area contributed by atoms with E-state index in [2.05, 4.69) is 21.8 Å². The van der Waals surface area contributed by atoms with E-state index >= 15 is 0 Å². The van der Waals surface area contributed by atoms with Gasteiger partial charge in [0.25, 0.3) is 0 Å². The molecule has 1 N–H and O–H groups in total. The molecule has 4 heteroatoms. The second-order valence-electron chi connectivity index (χ2n) is 4.43. The molecule has 0 aliphatic carbocycles. The highest BCUT2D eigenvalue weighted by Gasteiger charge is 2.20. The first-order chi connectivity index (χ1) is 8.25. The normalized spacial score (nSPS) is 19.1. The van der Waals surface area contributed by atoms with Crippen LogP contribution >= 0.6 is 0 Å². The molecule has 0 saturated carbocycles. The van der Waals surface area contributed by atoms with E-state index in [0.29, 0.717) is 6.04 Å². The standard InChI is InChI=1S/C13H14FN3/c1-9-6-15-7-12-8-16-13(17(9)12)10-2-4-11(14)5-3-10/h2-5,8-9,15H,6-7H2,1H3. The Bertz CT molecular complexity index is 530. The fourth-order valence-corrected chi connectivity index (χ4v) is 2.33. The van der Waals surface area contributed by atoms with Gasteiger partial charge in [0.05, 0.1) is 11.9 Å². The summed E-state index contributed by atoms with van der Waals surface area (Å²) in [5.41, 5.74) is 2.15. The van der Waals surface area contributed by atoms with Crippen molar-refractivity contribution in [2.75, 3.05) is 6.54 Å². The molecule has 1 aliphatic heterocycles. The summed E-state index contributed by atoms with van der Waals surface area (Å²) in [4.78, 5) is 4.45. The van der Waals surface area contributed by atoms with Gasteiger partial charge in [-0.15, -0.1) is 0 Å². The molecule has 0 radical (unpaired) electrons. The van der Waals surface area contributed by atoms with Crippen LogP contribution in [0.4, 0.5) is 4.39 Å². The summed E-state index contributed by atoms with van der Waals surface area (Å²) in [7, 11) is 0. The zero-order valence-corrected chi connectivity index (χ0v) is 9.65. The van der Waals surface area contributed by atoms with Gasteiger partial charge in [-0.25, -0.2) is 9.37 Å². The van der Waals surface area contributed by atoms with Crippen molar-refractivity contribution in [3.05, 3.63) is 42.0 Å². The van der Waals surface area contributed by atoms with E-state index < -0.39 is 0 Å². The van der Waals surface area contributed by atoms with Crippen LogP contribution in [0.3, 0.4) is 0 Å². The molecule has 1 aromatic carbocycles. The zero-order valence-electron chi connectivity index (χ0n) is 9.65. The predicted molar refractivity (Wildman–Crippen MR) is 64.0 cm³/mol. The first kappa shape index (κ1) is 10.5. The highest BCUT2D eigenvalue weighted by molar-refractivity contribution is 5.56. The van der Waals surface area contributed by atoms with Crippen molar-refractivity contribution in [2.24, 2.45) is 0 Å². The molecule has 1 aliphatic rings. The maximum atomic E-state index is 12.9. The van der Waals surface area contributed by atoms with E-state index in [9.17, 15) is 4.39 Å². The van der Waals surface area contributed by atoms with Gasteiger partial charge in [-0.3, -0.25) is 0 Å². The van der Waals surface area contributed by atoms with Gasteiger partial charge in [-0.2, -0.15) is 0 Å². The van der Waals surface area contributed by atoms with Crippen molar-refractivity contribution < 1.29 is 4.39 Å². The minimum absolute atomic E-state index is 0.214. The third-order valence-corrected chi connectivity index (χ3v) is 3.16. The van der Waals surface area contributed by atoms with E-state index in [4.69, 9.17) is 0 Å². The average molecular weight is 231 g/mol. The lowest BCUT2D eigenvalue weighted by atomic mass is 10.2. The van der Waals surface area contributed by atoms with Crippen molar-refractivity contribution >= 4 is 0 Å². The topological polar surface area (TPSA) is 29.9 Å². The zero-order chi connectivity index (χ0) is 11.8. The molecule has 0 saturated heterocycles. The molecule has 17 heavy (non-hydrogen) atoms. The van der Waals surface area contributed by atoms with E-state index in [0.717, 1.165) is 24.5 Å². The number of aromatic nitrogens is 2. The third-order valence-electron chi connectivity index (χ3n) is 3.16. The highest BCUT2D eigenvalue weighted by atomic mass is 19.1. The van der Waals surface area contributed by atoms with Gasteiger partial charge >= 0.3 is 0 Å². The Labute approximate surface area is 99.3 Å². The Morgan fingerprint density at radius 3 is 2.88 bits per heavy atom. The number of nitrogens with zero attached hydrogens (tertiary/aromatic N) is 2. The molecular weight excluding hydrogens is 217 g/mol. The molecule has 0 amide bonds. The largest absolute Gasteiger partial charge is 0.323 e. The SMILES string of the molecule is CC1CNCc2cnc(-c3ccc(F)cc3)n21. The molecule has 3 nitrogen and oxygen atoms in total. The lowest BCUT2D eigenvalue weighted by molar-refractivity contribution is 0.432. The molecule has 2 heterocycles. The van der Waals surface area contributed by atoms with Gasteiger partial charge in [0.15, 0.2) is 0 Å². The smallest absolute Gasteiger partial charge is 0.140 e. The number of imidazole rings is 1. The van der Waals surface area contributed by atoms with E-state index in [1.54, 1.807) is 12.1 Å². The summed E-state index contributed by atoms with van der Waals surface area (Å²) >= 11 is 0. The fraction of sp³-hybridized carbons (Fsp3) is 0.308. The lowest BCUT2D eigenvalue weighted by Gasteiger charge is -2.25. The van der Waals surface area contributed by atoms with Gasteiger partial charge < -0.3 is 9.88 Å². The molecule has 1 atom stereocenters. The summed E-state index contributed by atoms with van der Waals surface area (Å²) in [6.07, 6.45) is 1.89. The number of nitrogens with one attached hydrogen (secondary N) is 1. The van der Waals surface area contributed by atoms with Crippen LogP contribution in [0.2, 0.25) is 0 Å². The van der Waals surface area contributed by atoms with Crippen LogP contribution in [0.25, 0.3) is 11.4 Å². The molecule has 0 fully saturated rings. The van der Waals surface area contributed by atoms with Gasteiger partial charge in [-0.05, 0) is 31.2 Å². The van der Waals surface area contributed by atoms with Gasteiger partial charge in [0.1, 0.15) is 11.6 Å². The molecule has 3 rings (SSSR count). The lowest BCUT2D eigenvalue weighted by Crippen LogP contribution is -2.31. The van der Waals surface area contributed by atoms with Crippen molar-refractivity contribution in [3.63, 3.8) is 0 Å². The second-order valence-corrected chi connectivity index (χ2v) is 4.43.